The monoisotopic (exact) mass is 395 g/mol. The zero-order valence-corrected chi connectivity index (χ0v) is 16.2. The molecule has 6 rings (SSSR count). The second-order valence-electron chi connectivity index (χ2n) is 9.17. The van der Waals surface area contributed by atoms with Crippen LogP contribution in [0.15, 0.2) is 12.4 Å². The number of nitrogens with zero attached hydrogens (tertiary/aromatic N) is 3. The van der Waals surface area contributed by atoms with E-state index in [1.165, 1.54) is 0 Å². The maximum atomic E-state index is 13.1. The molecule has 4 fully saturated rings. The Bertz CT molecular complexity index is 983. The van der Waals surface area contributed by atoms with Crippen molar-refractivity contribution in [2.45, 2.75) is 37.6 Å². The van der Waals surface area contributed by atoms with E-state index < -0.39 is 6.04 Å². The summed E-state index contributed by atoms with van der Waals surface area (Å²) in [5, 5.41) is 12.3. The van der Waals surface area contributed by atoms with Crippen LogP contribution in [0.4, 0.5) is 0 Å². The quantitative estimate of drug-likeness (QED) is 0.677. The van der Waals surface area contributed by atoms with Gasteiger partial charge in [-0.3, -0.25) is 9.59 Å². The fourth-order valence-electron chi connectivity index (χ4n) is 4.98. The SMILES string of the molecule is O=C(N[C@@H](C(=O)N1C[C@@H]2[C@@H](CO)[C@@H]2C1)C1CC1)c1c[nH]c2ncc(C3CC3)nc12. The maximum absolute atomic E-state index is 13.1. The van der Waals surface area contributed by atoms with E-state index in [4.69, 9.17) is 0 Å². The van der Waals surface area contributed by atoms with Crippen LogP contribution in [0.2, 0.25) is 0 Å². The molecule has 0 bridgehead atoms. The standard InChI is InChI=1S/C21H25N5O3/c27-9-15-13-7-26(8-14(13)15)21(29)17(11-3-4-11)25-20(28)12-5-22-19-18(12)24-16(6-23-19)10-1-2-10/h5-6,10-11,13-15,17,27H,1-4,7-9H2,(H,22,23)(H,25,28)/t13-,14+,15+,17-/m1/s1. The number of carbonyl (C=O) groups excluding carboxylic acids is 2. The highest BCUT2D eigenvalue weighted by atomic mass is 16.3. The van der Waals surface area contributed by atoms with E-state index >= 15 is 0 Å². The molecule has 29 heavy (non-hydrogen) atoms. The van der Waals surface area contributed by atoms with E-state index in [2.05, 4.69) is 20.3 Å². The van der Waals surface area contributed by atoms with Crippen molar-refractivity contribution in [3.8, 4) is 0 Å². The van der Waals surface area contributed by atoms with Gasteiger partial charge < -0.3 is 20.3 Å². The third kappa shape index (κ3) is 2.92. The molecule has 3 aliphatic carbocycles. The van der Waals surface area contributed by atoms with E-state index in [0.717, 1.165) is 31.4 Å². The molecule has 1 saturated heterocycles. The van der Waals surface area contributed by atoms with Crippen molar-refractivity contribution in [2.24, 2.45) is 23.7 Å². The van der Waals surface area contributed by atoms with Crippen molar-refractivity contribution in [2.75, 3.05) is 19.7 Å². The van der Waals surface area contributed by atoms with Crippen molar-refractivity contribution < 1.29 is 14.7 Å². The van der Waals surface area contributed by atoms with Gasteiger partial charge in [0.25, 0.3) is 5.91 Å². The lowest BCUT2D eigenvalue weighted by molar-refractivity contribution is -0.133. The van der Waals surface area contributed by atoms with Crippen molar-refractivity contribution in [1.29, 1.82) is 0 Å². The summed E-state index contributed by atoms with van der Waals surface area (Å²) in [5.41, 5.74) is 2.58. The molecular weight excluding hydrogens is 370 g/mol. The molecule has 0 unspecified atom stereocenters. The summed E-state index contributed by atoms with van der Waals surface area (Å²) in [6.07, 6.45) is 7.61. The molecule has 0 radical (unpaired) electrons. The van der Waals surface area contributed by atoms with Gasteiger partial charge in [0.15, 0.2) is 5.65 Å². The van der Waals surface area contributed by atoms with Gasteiger partial charge in [0, 0.05) is 31.8 Å². The van der Waals surface area contributed by atoms with E-state index in [1.54, 1.807) is 12.4 Å². The van der Waals surface area contributed by atoms with Gasteiger partial charge in [-0.05, 0) is 49.4 Å². The highest BCUT2D eigenvalue weighted by Gasteiger charge is 2.57. The molecule has 2 aromatic rings. The highest BCUT2D eigenvalue weighted by Crippen LogP contribution is 2.51. The van der Waals surface area contributed by atoms with Gasteiger partial charge >= 0.3 is 0 Å². The number of nitrogens with one attached hydrogen (secondary N) is 2. The fraction of sp³-hybridized carbons (Fsp3) is 0.619. The van der Waals surface area contributed by atoms with E-state index in [9.17, 15) is 14.7 Å². The minimum atomic E-state index is -0.475. The number of fused-ring (bicyclic) bond motifs is 2. The smallest absolute Gasteiger partial charge is 0.255 e. The third-order valence-corrected chi connectivity index (χ3v) is 7.18. The molecule has 2 aromatic heterocycles. The van der Waals surface area contributed by atoms with Gasteiger partial charge in [-0.15, -0.1) is 0 Å². The van der Waals surface area contributed by atoms with E-state index in [0.29, 0.717) is 53.5 Å². The molecule has 0 spiro atoms. The summed E-state index contributed by atoms with van der Waals surface area (Å²) in [7, 11) is 0. The first-order valence-electron chi connectivity index (χ1n) is 10.7. The molecule has 3 N–H and O–H groups in total. The van der Waals surface area contributed by atoms with Crippen LogP contribution in [0.5, 0.6) is 0 Å². The van der Waals surface area contributed by atoms with Crippen molar-refractivity contribution >= 4 is 23.0 Å². The molecule has 152 valence electrons. The molecule has 3 heterocycles. The minimum Gasteiger partial charge on any atom is -0.396 e. The lowest BCUT2D eigenvalue weighted by atomic mass is 10.1. The number of rotatable bonds is 6. The van der Waals surface area contributed by atoms with Crippen LogP contribution >= 0.6 is 0 Å². The molecular formula is C21H25N5O3. The van der Waals surface area contributed by atoms with Crippen LogP contribution in [0.3, 0.4) is 0 Å². The minimum absolute atomic E-state index is 0.0225. The maximum Gasteiger partial charge on any atom is 0.255 e. The topological polar surface area (TPSA) is 111 Å². The lowest BCUT2D eigenvalue weighted by Gasteiger charge is -2.26. The predicted molar refractivity (Wildman–Crippen MR) is 104 cm³/mol. The first kappa shape index (κ1) is 17.4. The first-order chi connectivity index (χ1) is 14.1. The Kier molecular flexibility index (Phi) is 3.75. The van der Waals surface area contributed by atoms with Crippen molar-refractivity contribution in [3.05, 3.63) is 23.7 Å². The lowest BCUT2D eigenvalue weighted by Crippen LogP contribution is -2.50. The van der Waals surface area contributed by atoms with E-state index in [1.807, 2.05) is 4.90 Å². The molecule has 8 heteroatoms. The molecule has 4 atom stereocenters. The van der Waals surface area contributed by atoms with Crippen LogP contribution in [-0.2, 0) is 4.79 Å². The molecule has 0 aromatic carbocycles. The second kappa shape index (κ2) is 6.26. The second-order valence-corrected chi connectivity index (χ2v) is 9.17. The Labute approximate surface area is 168 Å². The zero-order valence-electron chi connectivity index (χ0n) is 16.2. The van der Waals surface area contributed by atoms with Crippen molar-refractivity contribution in [3.63, 3.8) is 0 Å². The number of aromatic nitrogens is 3. The average Bonchev–Trinajstić information content (AvgIpc) is 3.67. The molecule has 4 aliphatic rings. The van der Waals surface area contributed by atoms with E-state index in [-0.39, 0.29) is 24.3 Å². The molecule has 2 amide bonds. The fourth-order valence-corrected chi connectivity index (χ4v) is 4.98. The van der Waals surface area contributed by atoms with Gasteiger partial charge in [0.1, 0.15) is 11.6 Å². The summed E-state index contributed by atoms with van der Waals surface area (Å²) < 4.78 is 0. The van der Waals surface area contributed by atoms with Crippen LogP contribution in [-0.4, -0.2) is 62.5 Å². The van der Waals surface area contributed by atoms with Crippen LogP contribution < -0.4 is 5.32 Å². The number of aliphatic hydroxyl groups excluding tert-OH is 1. The first-order valence-corrected chi connectivity index (χ1v) is 10.7. The summed E-state index contributed by atoms with van der Waals surface area (Å²) in [6.45, 7) is 1.62. The molecule has 3 saturated carbocycles. The zero-order chi connectivity index (χ0) is 19.7. The summed E-state index contributed by atoms with van der Waals surface area (Å²) in [4.78, 5) is 40.1. The van der Waals surface area contributed by atoms with Gasteiger partial charge in [0.2, 0.25) is 5.91 Å². The normalized spacial score (nSPS) is 29.0. The predicted octanol–water partition coefficient (Wildman–Crippen LogP) is 1.04. The number of carbonyl (C=O) groups is 2. The number of aliphatic hydroxyl groups is 1. The molecule has 8 nitrogen and oxygen atoms in total. The number of amides is 2. The Morgan fingerprint density at radius 2 is 2.00 bits per heavy atom. The average molecular weight is 395 g/mol. The van der Waals surface area contributed by atoms with Gasteiger partial charge in [-0.25, -0.2) is 9.97 Å². The van der Waals surface area contributed by atoms with Gasteiger partial charge in [-0.1, -0.05) is 0 Å². The van der Waals surface area contributed by atoms with Crippen molar-refractivity contribution in [1.82, 2.24) is 25.2 Å². The number of likely N-dealkylation sites (tertiary alicyclic amines) is 1. The number of H-pyrrole nitrogens is 1. The number of aromatic amines is 1. The van der Waals surface area contributed by atoms with Crippen LogP contribution in [0, 0.1) is 23.7 Å². The number of hydrogen-bond donors (Lipinski definition) is 3. The van der Waals surface area contributed by atoms with Crippen LogP contribution in [0.1, 0.15) is 47.7 Å². The summed E-state index contributed by atoms with van der Waals surface area (Å²) >= 11 is 0. The number of piperidine rings is 1. The van der Waals surface area contributed by atoms with Crippen LogP contribution in [0.25, 0.3) is 11.2 Å². The Hall–Kier alpha value is -2.48. The Morgan fingerprint density at radius 1 is 1.24 bits per heavy atom. The Balaban J connectivity index is 1.20. The third-order valence-electron chi connectivity index (χ3n) is 7.18. The summed E-state index contributed by atoms with van der Waals surface area (Å²) in [6, 6.07) is -0.475. The summed E-state index contributed by atoms with van der Waals surface area (Å²) in [5.74, 6) is 1.67. The van der Waals surface area contributed by atoms with Gasteiger partial charge in [0.05, 0.1) is 17.5 Å². The number of hydrogen-bond acceptors (Lipinski definition) is 5. The Morgan fingerprint density at radius 3 is 2.66 bits per heavy atom. The largest absolute Gasteiger partial charge is 0.396 e. The van der Waals surface area contributed by atoms with Gasteiger partial charge in [-0.2, -0.15) is 0 Å². The molecule has 1 aliphatic heterocycles. The highest BCUT2D eigenvalue weighted by molar-refractivity contribution is 6.06.